The molecule has 5 rings (SSSR count). The van der Waals surface area contributed by atoms with Crippen LogP contribution in [0.2, 0.25) is 0 Å². The highest BCUT2D eigenvalue weighted by Gasteiger charge is 2.47. The smallest absolute Gasteiger partial charge is 0.330 e. The second kappa shape index (κ2) is 11.6. The Hall–Kier alpha value is -3.05. The molecule has 14 heteroatoms. The van der Waals surface area contributed by atoms with Crippen molar-refractivity contribution in [3.8, 4) is 0 Å². The molecule has 0 saturated carbocycles. The maximum Gasteiger partial charge on any atom is 0.330 e. The molecule has 14 nitrogen and oxygen atoms in total. The highest BCUT2D eigenvalue weighted by molar-refractivity contribution is 5.78. The van der Waals surface area contributed by atoms with E-state index in [2.05, 4.69) is 4.98 Å². The molecule has 2 fully saturated rings. The molecule has 6 N–H and O–H groups in total. The van der Waals surface area contributed by atoms with Gasteiger partial charge in [-0.1, -0.05) is 24.3 Å². The minimum absolute atomic E-state index is 0.104. The molecule has 3 aromatic rings. The van der Waals surface area contributed by atoms with Crippen molar-refractivity contribution >= 4 is 10.9 Å². The van der Waals surface area contributed by atoms with Crippen LogP contribution in [-0.4, -0.2) is 102 Å². The molecule has 9 atom stereocenters. The quantitative estimate of drug-likeness (QED) is 0.177. The Morgan fingerprint density at radius 2 is 1.59 bits per heavy atom. The van der Waals surface area contributed by atoms with Crippen molar-refractivity contribution in [2.45, 2.75) is 61.9 Å². The van der Waals surface area contributed by atoms with Gasteiger partial charge in [-0.25, -0.2) is 4.79 Å². The maximum absolute atomic E-state index is 12.1. The van der Waals surface area contributed by atoms with E-state index >= 15 is 0 Å². The second-order valence-corrected chi connectivity index (χ2v) is 9.42. The molecule has 2 saturated heterocycles. The van der Waals surface area contributed by atoms with Gasteiger partial charge in [0.05, 0.1) is 31.0 Å². The number of aliphatic hydroxyl groups excluding tert-OH is 5. The van der Waals surface area contributed by atoms with E-state index in [1.807, 2.05) is 35.3 Å². The fraction of sp³-hybridized carbons (Fsp3) is 0.480. The molecule has 4 heterocycles. The zero-order valence-electron chi connectivity index (χ0n) is 20.5. The van der Waals surface area contributed by atoms with Gasteiger partial charge in [0.25, 0.3) is 5.56 Å². The number of aromatic nitrogens is 3. The monoisotopic (exact) mass is 547 g/mol. The first kappa shape index (κ1) is 27.5. The number of ether oxygens (including phenoxy) is 4. The van der Waals surface area contributed by atoms with Crippen molar-refractivity contribution in [3.05, 3.63) is 75.2 Å². The highest BCUT2D eigenvalue weighted by atomic mass is 16.7. The van der Waals surface area contributed by atoms with Gasteiger partial charge < -0.3 is 44.5 Å². The molecule has 0 amide bonds. The first-order chi connectivity index (χ1) is 18.7. The number of nitrogens with zero attached hydrogens (tertiary/aromatic N) is 2. The van der Waals surface area contributed by atoms with Crippen LogP contribution < -0.4 is 11.2 Å². The Balaban J connectivity index is 1.18. The first-order valence-electron chi connectivity index (χ1n) is 12.3. The average molecular weight is 548 g/mol. The highest BCUT2D eigenvalue weighted by Crippen LogP contribution is 2.30. The summed E-state index contributed by atoms with van der Waals surface area (Å²) in [6.45, 7) is -0.461. The van der Waals surface area contributed by atoms with E-state index in [0.29, 0.717) is 5.69 Å². The van der Waals surface area contributed by atoms with Crippen molar-refractivity contribution in [1.29, 1.82) is 0 Å². The molecule has 0 spiro atoms. The lowest BCUT2D eigenvalue weighted by molar-refractivity contribution is -0.308. The normalized spacial score (nSPS) is 33.0. The van der Waals surface area contributed by atoms with Gasteiger partial charge in [-0.3, -0.25) is 19.3 Å². The lowest BCUT2D eigenvalue weighted by Crippen LogP contribution is -2.59. The zero-order chi connectivity index (χ0) is 27.7. The van der Waals surface area contributed by atoms with Crippen LogP contribution in [0.25, 0.3) is 10.9 Å². The van der Waals surface area contributed by atoms with E-state index in [1.165, 1.54) is 0 Å². The van der Waals surface area contributed by atoms with E-state index in [1.54, 1.807) is 6.07 Å². The van der Waals surface area contributed by atoms with Crippen LogP contribution in [0.5, 0.6) is 0 Å². The van der Waals surface area contributed by atoms with Crippen molar-refractivity contribution in [3.63, 3.8) is 0 Å². The number of H-pyrrole nitrogens is 1. The van der Waals surface area contributed by atoms with Crippen LogP contribution in [0.4, 0.5) is 0 Å². The summed E-state index contributed by atoms with van der Waals surface area (Å²) >= 11 is 0. The van der Waals surface area contributed by atoms with Gasteiger partial charge in [0.1, 0.15) is 42.7 Å². The van der Waals surface area contributed by atoms with Crippen LogP contribution in [0.15, 0.2) is 58.3 Å². The van der Waals surface area contributed by atoms with Gasteiger partial charge in [-0.05, 0) is 12.1 Å². The van der Waals surface area contributed by atoms with E-state index in [-0.39, 0.29) is 13.2 Å². The predicted octanol–water partition coefficient (Wildman–Crippen LogP) is -2.25. The lowest BCUT2D eigenvalue weighted by Gasteiger charge is -2.40. The van der Waals surface area contributed by atoms with Gasteiger partial charge in [-0.15, -0.1) is 0 Å². The second-order valence-electron chi connectivity index (χ2n) is 9.42. The Morgan fingerprint density at radius 1 is 0.846 bits per heavy atom. The summed E-state index contributed by atoms with van der Waals surface area (Å²) in [4.78, 5) is 29.9. The number of rotatable bonds is 8. The van der Waals surface area contributed by atoms with Crippen LogP contribution in [0, 0.1) is 0 Å². The molecule has 0 radical (unpaired) electrons. The molecule has 210 valence electrons. The molecular formula is C25H29N3O11. The molecule has 2 aromatic heterocycles. The van der Waals surface area contributed by atoms with Crippen LogP contribution in [0.1, 0.15) is 11.9 Å². The van der Waals surface area contributed by atoms with Gasteiger partial charge in [-0.2, -0.15) is 0 Å². The van der Waals surface area contributed by atoms with Crippen LogP contribution in [-0.2, 0) is 25.6 Å². The summed E-state index contributed by atoms with van der Waals surface area (Å²) in [5.74, 6) is 0. The van der Waals surface area contributed by atoms with Gasteiger partial charge in [0.2, 0.25) is 0 Å². The van der Waals surface area contributed by atoms with E-state index < -0.39 is 73.1 Å². The van der Waals surface area contributed by atoms with Gasteiger partial charge in [0, 0.05) is 17.6 Å². The maximum atomic E-state index is 12.1. The third-order valence-corrected chi connectivity index (χ3v) is 6.74. The molecule has 1 aromatic carbocycles. The standard InChI is InChI=1S/C25H29N3O11/c29-17-7-8-28(25(35)27-17)23-21(33)19(31)16(38-23)11-37-24-22(34)20(32)18(30)15(39-24)10-36-9-13-6-5-12-3-1-2-4-14(12)26-13/h1-8,15-16,18-24,30-34H,9-11H2,(H,27,29,35). The van der Waals surface area contributed by atoms with Crippen molar-refractivity contribution in [2.75, 3.05) is 13.2 Å². The van der Waals surface area contributed by atoms with E-state index in [4.69, 9.17) is 18.9 Å². The van der Waals surface area contributed by atoms with Gasteiger partial charge in [0.15, 0.2) is 12.5 Å². The number of aliphatic hydroxyl groups is 5. The molecule has 0 aliphatic carbocycles. The summed E-state index contributed by atoms with van der Waals surface area (Å²) in [5.41, 5.74) is -0.0336. The topological polar surface area (TPSA) is 206 Å². The first-order valence-corrected chi connectivity index (χ1v) is 12.3. The van der Waals surface area contributed by atoms with Crippen molar-refractivity contribution < 1.29 is 44.5 Å². The number of benzene rings is 1. The minimum atomic E-state index is -1.64. The van der Waals surface area contributed by atoms with E-state index in [9.17, 15) is 35.1 Å². The Morgan fingerprint density at radius 3 is 2.38 bits per heavy atom. The molecular weight excluding hydrogens is 518 g/mol. The lowest BCUT2D eigenvalue weighted by atomic mass is 9.99. The third-order valence-electron chi connectivity index (χ3n) is 6.74. The summed E-state index contributed by atoms with van der Waals surface area (Å²) < 4.78 is 23.3. The average Bonchev–Trinajstić information content (AvgIpc) is 3.21. The summed E-state index contributed by atoms with van der Waals surface area (Å²) in [5, 5.41) is 52.9. The molecule has 9 unspecified atom stereocenters. The number of pyridine rings is 1. The van der Waals surface area contributed by atoms with Crippen LogP contribution in [0.3, 0.4) is 0 Å². The fourth-order valence-corrected chi connectivity index (χ4v) is 4.57. The summed E-state index contributed by atoms with van der Waals surface area (Å²) in [7, 11) is 0. The van der Waals surface area contributed by atoms with Crippen LogP contribution >= 0.6 is 0 Å². The Labute approximate surface area is 220 Å². The van der Waals surface area contributed by atoms with Crippen molar-refractivity contribution in [1.82, 2.24) is 14.5 Å². The number of hydrogen-bond donors (Lipinski definition) is 6. The third kappa shape index (κ3) is 5.79. The molecule has 2 aliphatic heterocycles. The van der Waals surface area contributed by atoms with Crippen molar-refractivity contribution in [2.24, 2.45) is 0 Å². The Kier molecular flexibility index (Phi) is 8.18. The number of aromatic amines is 1. The minimum Gasteiger partial charge on any atom is -0.387 e. The molecule has 2 aliphatic rings. The largest absolute Gasteiger partial charge is 0.387 e. The molecule has 39 heavy (non-hydrogen) atoms. The number of fused-ring (bicyclic) bond motifs is 1. The summed E-state index contributed by atoms with van der Waals surface area (Å²) in [6.07, 6.45) is -11.6. The van der Waals surface area contributed by atoms with Gasteiger partial charge >= 0.3 is 5.69 Å². The zero-order valence-corrected chi connectivity index (χ0v) is 20.5. The Bertz CT molecular complexity index is 1400. The summed E-state index contributed by atoms with van der Waals surface area (Å²) in [6, 6.07) is 12.4. The van der Waals surface area contributed by atoms with E-state index in [0.717, 1.165) is 27.7 Å². The fourth-order valence-electron chi connectivity index (χ4n) is 4.57. The molecule has 0 bridgehead atoms. The predicted molar refractivity (Wildman–Crippen MR) is 131 cm³/mol. The number of nitrogens with one attached hydrogen (secondary N) is 1. The SMILES string of the molecule is O=c1ccn(C2OC(COC3OC(COCc4ccc5ccccc5n4)C(O)C(O)C3O)C(O)C2O)c(=O)[nH]1. The number of hydrogen-bond acceptors (Lipinski definition) is 12. The number of para-hydroxylation sites is 1.